The number of allylic oxidation sites excluding steroid dienone is 1. The molecule has 0 bridgehead atoms. The normalized spacial score (nSPS) is 29.0. The molecular weight excluding hydrogens is 532 g/mol. The molecule has 3 unspecified atom stereocenters. The fourth-order valence-electron chi connectivity index (χ4n) is 2.06. The third-order valence-electron chi connectivity index (χ3n) is 3.04. The largest absolute Gasteiger partial charge is 0.393 e. The first-order valence-corrected chi connectivity index (χ1v) is 6.69. The summed E-state index contributed by atoms with van der Waals surface area (Å²) in [5, 5.41) is 19.8. The summed E-state index contributed by atoms with van der Waals surface area (Å²) in [4.78, 5) is 2.18. The van der Waals surface area contributed by atoms with Crippen molar-refractivity contribution in [3.05, 3.63) is 10.2 Å². The number of piperidine rings is 1. The van der Waals surface area contributed by atoms with Gasteiger partial charge in [0.15, 0.2) is 0 Å². The molecule has 2 N–H and O–H groups in total. The molecule has 0 spiro atoms. The molecule has 91 valence electrons. The minimum absolute atomic E-state index is 0. The Kier molecular flexibility index (Phi) is 10.8. The Balaban J connectivity index is 0.00000225. The predicted molar refractivity (Wildman–Crippen MR) is 70.0 cm³/mol. The average molecular weight is 552 g/mol. The smallest absolute Gasteiger partial charge is 0.0617 e. The van der Waals surface area contributed by atoms with Crippen LogP contribution in [0.3, 0.4) is 0 Å². The number of hydrogen-bond acceptors (Lipinski definition) is 3. The third-order valence-corrected chi connectivity index (χ3v) is 3.54. The first-order chi connectivity index (χ1) is 7.15. The van der Waals surface area contributed by atoms with Crippen LogP contribution in [0.1, 0.15) is 19.3 Å². The van der Waals surface area contributed by atoms with Gasteiger partial charge in [-0.3, -0.25) is 0 Å². The Labute approximate surface area is 147 Å². The minimum atomic E-state index is -0.379. The van der Waals surface area contributed by atoms with Crippen LogP contribution in [0.4, 0.5) is 0 Å². The SMILES string of the molecule is CN1CCC(O)C(C(O)CC/C=C/I)C1.[Ac]. The molecule has 1 rings (SSSR count). The molecule has 0 amide bonds. The van der Waals surface area contributed by atoms with Gasteiger partial charge in [0.1, 0.15) is 0 Å². The Hall–Kier alpha value is 1.79. The molecule has 0 aliphatic carbocycles. The second kappa shape index (κ2) is 9.69. The Morgan fingerprint density at radius 1 is 1.56 bits per heavy atom. The van der Waals surface area contributed by atoms with Crippen LogP contribution in [0.15, 0.2) is 10.2 Å². The van der Waals surface area contributed by atoms with Crippen LogP contribution in [0.2, 0.25) is 0 Å². The molecule has 1 fully saturated rings. The van der Waals surface area contributed by atoms with Crippen molar-refractivity contribution in [2.45, 2.75) is 31.5 Å². The predicted octanol–water partition coefficient (Wildman–Crippen LogP) is 1.39. The molecule has 0 aromatic heterocycles. The summed E-state index contributed by atoms with van der Waals surface area (Å²) in [5.41, 5.74) is 0. The van der Waals surface area contributed by atoms with Crippen molar-refractivity contribution in [2.24, 2.45) is 5.92 Å². The fourth-order valence-corrected chi connectivity index (χ4v) is 2.42. The first-order valence-electron chi connectivity index (χ1n) is 5.45. The zero-order chi connectivity index (χ0) is 11.3. The molecule has 1 radical (unpaired) electrons. The van der Waals surface area contributed by atoms with E-state index in [1.807, 2.05) is 17.2 Å². The first kappa shape index (κ1) is 17.8. The molecule has 1 saturated heterocycles. The molecule has 0 aromatic rings. The van der Waals surface area contributed by atoms with Crippen molar-refractivity contribution in [3.63, 3.8) is 0 Å². The minimum Gasteiger partial charge on any atom is -0.393 e. The van der Waals surface area contributed by atoms with E-state index in [9.17, 15) is 10.2 Å². The van der Waals surface area contributed by atoms with Crippen molar-refractivity contribution in [3.8, 4) is 0 Å². The van der Waals surface area contributed by atoms with Crippen LogP contribution in [0.5, 0.6) is 0 Å². The van der Waals surface area contributed by atoms with E-state index in [-0.39, 0.29) is 62.2 Å². The van der Waals surface area contributed by atoms with Gasteiger partial charge in [-0.2, -0.15) is 0 Å². The quantitative estimate of drug-likeness (QED) is 0.519. The number of rotatable bonds is 4. The number of hydrogen-bond donors (Lipinski definition) is 2. The van der Waals surface area contributed by atoms with E-state index in [0.29, 0.717) is 0 Å². The average Bonchev–Trinajstić information content (AvgIpc) is 2.22. The third kappa shape index (κ3) is 6.10. The van der Waals surface area contributed by atoms with Gasteiger partial charge in [0.05, 0.1) is 12.2 Å². The van der Waals surface area contributed by atoms with Gasteiger partial charge in [-0.15, -0.1) is 0 Å². The van der Waals surface area contributed by atoms with Crippen LogP contribution in [0, 0.1) is 50.0 Å². The number of nitrogens with zero attached hydrogens (tertiary/aromatic N) is 1. The van der Waals surface area contributed by atoms with Gasteiger partial charge >= 0.3 is 0 Å². The summed E-state index contributed by atoms with van der Waals surface area (Å²) in [7, 11) is 2.04. The topological polar surface area (TPSA) is 43.7 Å². The number of aliphatic hydroxyl groups excluding tert-OH is 2. The number of halogens is 1. The maximum Gasteiger partial charge on any atom is 0.0617 e. The van der Waals surface area contributed by atoms with Crippen LogP contribution in [-0.2, 0) is 0 Å². The van der Waals surface area contributed by atoms with Gasteiger partial charge in [-0.1, -0.05) is 28.7 Å². The van der Waals surface area contributed by atoms with Gasteiger partial charge in [0.25, 0.3) is 0 Å². The van der Waals surface area contributed by atoms with E-state index in [1.165, 1.54) is 0 Å². The van der Waals surface area contributed by atoms with E-state index in [1.54, 1.807) is 0 Å². The van der Waals surface area contributed by atoms with Gasteiger partial charge in [0, 0.05) is 63.1 Å². The zero-order valence-corrected chi connectivity index (χ0v) is 16.6. The molecule has 1 aliphatic rings. The van der Waals surface area contributed by atoms with Crippen molar-refractivity contribution >= 4 is 22.6 Å². The van der Waals surface area contributed by atoms with E-state index < -0.39 is 0 Å². The molecule has 3 nitrogen and oxygen atoms in total. The molecule has 0 saturated carbocycles. The Bertz CT molecular complexity index is 216. The van der Waals surface area contributed by atoms with Crippen LogP contribution >= 0.6 is 22.6 Å². The summed E-state index contributed by atoms with van der Waals surface area (Å²) in [5.74, 6) is 0.0198. The van der Waals surface area contributed by atoms with Gasteiger partial charge in [0.2, 0.25) is 0 Å². The Morgan fingerprint density at radius 2 is 2.25 bits per heavy atom. The summed E-state index contributed by atoms with van der Waals surface area (Å²) in [6, 6.07) is 0. The van der Waals surface area contributed by atoms with E-state index >= 15 is 0 Å². The van der Waals surface area contributed by atoms with Gasteiger partial charge in [-0.25, -0.2) is 0 Å². The number of likely N-dealkylation sites (tertiary alicyclic amines) is 1. The molecule has 16 heavy (non-hydrogen) atoms. The fraction of sp³-hybridized carbons (Fsp3) is 0.818. The molecule has 1 aliphatic heterocycles. The van der Waals surface area contributed by atoms with Crippen molar-refractivity contribution in [1.82, 2.24) is 4.90 Å². The van der Waals surface area contributed by atoms with Crippen LogP contribution in [-0.4, -0.2) is 47.5 Å². The zero-order valence-electron chi connectivity index (χ0n) is 9.72. The maximum atomic E-state index is 9.97. The summed E-state index contributed by atoms with van der Waals surface area (Å²) in [6.07, 6.45) is 3.74. The molecular formula is C11H20AcINO2. The number of aliphatic hydroxyl groups is 2. The van der Waals surface area contributed by atoms with Crippen molar-refractivity contribution < 1.29 is 54.3 Å². The van der Waals surface area contributed by atoms with Crippen LogP contribution in [0.25, 0.3) is 0 Å². The van der Waals surface area contributed by atoms with E-state index in [2.05, 4.69) is 27.5 Å². The molecule has 5 heteroatoms. The molecule has 3 atom stereocenters. The molecule has 1 heterocycles. The monoisotopic (exact) mass is 552 g/mol. The summed E-state index contributed by atoms with van der Waals surface area (Å²) < 4.78 is 1.97. The van der Waals surface area contributed by atoms with Crippen molar-refractivity contribution in [1.29, 1.82) is 0 Å². The van der Waals surface area contributed by atoms with E-state index in [4.69, 9.17) is 0 Å². The standard InChI is InChI=1S/C11H20INO2.Ac/c1-13-7-5-11(15)9(8-13)10(14)4-2-3-6-12;/h3,6,9-11,14-15H,2,4-5,7-8H2,1H3;/b6-3+;. The molecule has 0 aromatic carbocycles. The second-order valence-electron chi connectivity index (χ2n) is 4.29. The van der Waals surface area contributed by atoms with Crippen LogP contribution < -0.4 is 0 Å². The summed E-state index contributed by atoms with van der Waals surface area (Å²) in [6.45, 7) is 1.73. The summed E-state index contributed by atoms with van der Waals surface area (Å²) >= 11 is 2.18. The van der Waals surface area contributed by atoms with E-state index in [0.717, 1.165) is 32.4 Å². The van der Waals surface area contributed by atoms with Gasteiger partial charge in [-0.05, 0) is 30.4 Å². The Morgan fingerprint density at radius 3 is 2.88 bits per heavy atom. The maximum absolute atomic E-state index is 9.97. The van der Waals surface area contributed by atoms with Gasteiger partial charge < -0.3 is 15.1 Å². The second-order valence-corrected chi connectivity index (χ2v) is 5.01. The van der Waals surface area contributed by atoms with Crippen molar-refractivity contribution in [2.75, 3.05) is 20.1 Å².